The molecular formula is C10H19F2N3O. The molecule has 0 bridgehead atoms. The zero-order valence-corrected chi connectivity index (χ0v) is 9.29. The number of halogens is 2. The van der Waals surface area contributed by atoms with Crippen molar-refractivity contribution in [2.45, 2.75) is 19.3 Å². The van der Waals surface area contributed by atoms with E-state index in [1.54, 1.807) is 0 Å². The monoisotopic (exact) mass is 235 g/mol. The second-order valence-electron chi connectivity index (χ2n) is 4.16. The number of carbonyl (C=O) groups excluding carboxylic acids is 1. The predicted molar refractivity (Wildman–Crippen MR) is 57.2 cm³/mol. The first kappa shape index (κ1) is 13.3. The Bertz CT molecular complexity index is 222. The van der Waals surface area contributed by atoms with E-state index in [1.165, 1.54) is 4.90 Å². The Morgan fingerprint density at radius 2 is 2.19 bits per heavy atom. The van der Waals surface area contributed by atoms with Crippen LogP contribution in [0.15, 0.2) is 0 Å². The van der Waals surface area contributed by atoms with Gasteiger partial charge in [0.15, 0.2) is 0 Å². The fourth-order valence-electron chi connectivity index (χ4n) is 1.45. The van der Waals surface area contributed by atoms with Crippen molar-refractivity contribution < 1.29 is 13.6 Å². The van der Waals surface area contributed by atoms with E-state index in [0.29, 0.717) is 19.0 Å². The summed E-state index contributed by atoms with van der Waals surface area (Å²) in [6, 6.07) is 0. The molecule has 1 aliphatic carbocycles. The topological polar surface area (TPSA) is 58.4 Å². The zero-order valence-electron chi connectivity index (χ0n) is 9.29. The third-order valence-electron chi connectivity index (χ3n) is 2.49. The van der Waals surface area contributed by atoms with E-state index in [1.807, 2.05) is 0 Å². The van der Waals surface area contributed by atoms with Gasteiger partial charge in [-0.05, 0) is 18.8 Å². The van der Waals surface area contributed by atoms with Crippen LogP contribution in [0.5, 0.6) is 0 Å². The molecule has 6 heteroatoms. The van der Waals surface area contributed by atoms with Crippen LogP contribution >= 0.6 is 0 Å². The minimum absolute atomic E-state index is 0.00819. The van der Waals surface area contributed by atoms with E-state index in [0.717, 1.165) is 12.8 Å². The van der Waals surface area contributed by atoms with Gasteiger partial charge in [0.2, 0.25) is 5.91 Å². The standard InChI is InChI=1S/C10H19F2N3O/c11-9(12)6-15(4-3-13)7-10(16)14-5-8-1-2-8/h8-9H,1-7,13H2,(H,14,16). The maximum absolute atomic E-state index is 12.2. The quantitative estimate of drug-likeness (QED) is 0.624. The van der Waals surface area contributed by atoms with Crippen molar-refractivity contribution in [1.82, 2.24) is 10.2 Å². The molecule has 0 aromatic rings. The Balaban J connectivity index is 2.19. The van der Waals surface area contributed by atoms with Gasteiger partial charge >= 0.3 is 0 Å². The van der Waals surface area contributed by atoms with Crippen molar-refractivity contribution in [1.29, 1.82) is 0 Å². The van der Waals surface area contributed by atoms with Crippen LogP contribution < -0.4 is 11.1 Å². The predicted octanol–water partition coefficient (Wildman–Crippen LogP) is 0.0384. The van der Waals surface area contributed by atoms with Gasteiger partial charge in [0.05, 0.1) is 13.1 Å². The Morgan fingerprint density at radius 3 is 2.69 bits per heavy atom. The molecule has 1 amide bonds. The molecule has 1 aliphatic rings. The third kappa shape index (κ3) is 5.97. The molecule has 0 unspecified atom stereocenters. The first-order valence-corrected chi connectivity index (χ1v) is 5.59. The fraction of sp³-hybridized carbons (Fsp3) is 0.900. The van der Waals surface area contributed by atoms with Crippen LogP contribution in [-0.4, -0.2) is 50.0 Å². The fourth-order valence-corrected chi connectivity index (χ4v) is 1.45. The van der Waals surface area contributed by atoms with Crippen molar-refractivity contribution in [2.24, 2.45) is 11.7 Å². The van der Waals surface area contributed by atoms with Crippen LogP contribution in [0.25, 0.3) is 0 Å². The van der Waals surface area contributed by atoms with E-state index in [2.05, 4.69) is 5.32 Å². The lowest BCUT2D eigenvalue weighted by Crippen LogP contribution is -2.42. The van der Waals surface area contributed by atoms with Gasteiger partial charge in [0.1, 0.15) is 0 Å². The highest BCUT2D eigenvalue weighted by atomic mass is 19.3. The number of hydrogen-bond acceptors (Lipinski definition) is 3. The molecule has 0 aromatic heterocycles. The summed E-state index contributed by atoms with van der Waals surface area (Å²) < 4.78 is 24.3. The van der Waals surface area contributed by atoms with Crippen LogP contribution in [-0.2, 0) is 4.79 Å². The highest BCUT2D eigenvalue weighted by molar-refractivity contribution is 5.78. The normalized spacial score (nSPS) is 15.8. The lowest BCUT2D eigenvalue weighted by molar-refractivity contribution is -0.122. The molecule has 16 heavy (non-hydrogen) atoms. The summed E-state index contributed by atoms with van der Waals surface area (Å²) in [6.07, 6.45) is -0.115. The third-order valence-corrected chi connectivity index (χ3v) is 2.49. The van der Waals surface area contributed by atoms with Gasteiger partial charge < -0.3 is 11.1 Å². The Labute approximate surface area is 94.2 Å². The van der Waals surface area contributed by atoms with E-state index in [9.17, 15) is 13.6 Å². The summed E-state index contributed by atoms with van der Waals surface area (Å²) in [6.45, 7) is 0.885. The van der Waals surface area contributed by atoms with Crippen molar-refractivity contribution in [2.75, 3.05) is 32.7 Å². The number of rotatable bonds is 8. The molecule has 0 spiro atoms. The second kappa shape index (κ2) is 6.75. The summed E-state index contributed by atoms with van der Waals surface area (Å²) >= 11 is 0. The molecular weight excluding hydrogens is 216 g/mol. The minimum atomic E-state index is -2.43. The molecule has 1 rings (SSSR count). The Morgan fingerprint density at radius 1 is 1.50 bits per heavy atom. The molecule has 0 saturated heterocycles. The summed E-state index contributed by atoms with van der Waals surface area (Å²) in [5.74, 6) is 0.406. The molecule has 4 nitrogen and oxygen atoms in total. The number of carbonyl (C=O) groups is 1. The lowest BCUT2D eigenvalue weighted by atomic mass is 10.4. The van der Waals surface area contributed by atoms with Crippen LogP contribution in [0.4, 0.5) is 8.78 Å². The first-order valence-electron chi connectivity index (χ1n) is 5.59. The summed E-state index contributed by atoms with van der Waals surface area (Å²) in [5.41, 5.74) is 5.29. The SMILES string of the molecule is NCCN(CC(=O)NCC1CC1)CC(F)F. The van der Waals surface area contributed by atoms with Gasteiger partial charge in [-0.15, -0.1) is 0 Å². The Hall–Kier alpha value is -0.750. The molecule has 94 valence electrons. The average Bonchev–Trinajstić information content (AvgIpc) is 2.97. The van der Waals surface area contributed by atoms with Crippen LogP contribution in [0.3, 0.4) is 0 Å². The van der Waals surface area contributed by atoms with E-state index >= 15 is 0 Å². The molecule has 1 fully saturated rings. The van der Waals surface area contributed by atoms with Crippen LogP contribution in [0, 0.1) is 5.92 Å². The van der Waals surface area contributed by atoms with Gasteiger partial charge in [-0.25, -0.2) is 8.78 Å². The maximum Gasteiger partial charge on any atom is 0.251 e. The van der Waals surface area contributed by atoms with Crippen molar-refractivity contribution in [3.63, 3.8) is 0 Å². The largest absolute Gasteiger partial charge is 0.355 e. The number of nitrogens with zero attached hydrogens (tertiary/aromatic N) is 1. The van der Waals surface area contributed by atoms with Gasteiger partial charge in [-0.3, -0.25) is 9.69 Å². The number of nitrogens with two attached hydrogens (primary N) is 1. The van der Waals surface area contributed by atoms with Crippen molar-refractivity contribution >= 4 is 5.91 Å². The molecule has 0 aliphatic heterocycles. The number of amides is 1. The maximum atomic E-state index is 12.2. The molecule has 0 aromatic carbocycles. The minimum Gasteiger partial charge on any atom is -0.355 e. The van der Waals surface area contributed by atoms with Gasteiger partial charge in [-0.2, -0.15) is 0 Å². The van der Waals surface area contributed by atoms with Gasteiger partial charge in [0, 0.05) is 19.6 Å². The zero-order chi connectivity index (χ0) is 12.0. The van der Waals surface area contributed by atoms with Crippen molar-refractivity contribution in [3.8, 4) is 0 Å². The van der Waals surface area contributed by atoms with Crippen molar-refractivity contribution in [3.05, 3.63) is 0 Å². The van der Waals surface area contributed by atoms with Crippen LogP contribution in [0.2, 0.25) is 0 Å². The van der Waals surface area contributed by atoms with Gasteiger partial charge in [0.25, 0.3) is 6.43 Å². The van der Waals surface area contributed by atoms with Gasteiger partial charge in [-0.1, -0.05) is 0 Å². The number of hydrogen-bond donors (Lipinski definition) is 2. The van der Waals surface area contributed by atoms with E-state index in [4.69, 9.17) is 5.73 Å². The highest BCUT2D eigenvalue weighted by Gasteiger charge is 2.22. The molecule has 1 saturated carbocycles. The van der Waals surface area contributed by atoms with E-state index in [-0.39, 0.29) is 19.0 Å². The lowest BCUT2D eigenvalue weighted by Gasteiger charge is -2.20. The second-order valence-corrected chi connectivity index (χ2v) is 4.16. The van der Waals surface area contributed by atoms with E-state index < -0.39 is 13.0 Å². The number of alkyl halides is 2. The summed E-state index contributed by atoms with van der Waals surface area (Å²) in [4.78, 5) is 12.8. The first-order chi connectivity index (χ1) is 7.61. The summed E-state index contributed by atoms with van der Waals surface area (Å²) in [7, 11) is 0. The number of nitrogens with one attached hydrogen (secondary N) is 1. The molecule has 0 heterocycles. The van der Waals surface area contributed by atoms with Crippen LogP contribution in [0.1, 0.15) is 12.8 Å². The highest BCUT2D eigenvalue weighted by Crippen LogP contribution is 2.27. The summed E-state index contributed by atoms with van der Waals surface area (Å²) in [5, 5.41) is 2.74. The average molecular weight is 235 g/mol. The molecule has 0 radical (unpaired) electrons. The molecule has 0 atom stereocenters. The Kier molecular flexibility index (Phi) is 5.62. The smallest absolute Gasteiger partial charge is 0.251 e. The molecule has 3 N–H and O–H groups in total.